The van der Waals surface area contributed by atoms with E-state index in [0.717, 1.165) is 5.56 Å². The zero-order valence-corrected chi connectivity index (χ0v) is 9.63. The molecule has 2 rings (SSSR count). The summed E-state index contributed by atoms with van der Waals surface area (Å²) < 4.78 is 4.98. The third kappa shape index (κ3) is 3.04. The van der Waals surface area contributed by atoms with Crippen molar-refractivity contribution in [2.45, 2.75) is 12.8 Å². The Morgan fingerprint density at radius 1 is 1.33 bits per heavy atom. The number of hydrogen-bond acceptors (Lipinski definition) is 4. The van der Waals surface area contributed by atoms with E-state index in [1.54, 1.807) is 6.08 Å². The number of esters is 1. The quantitative estimate of drug-likeness (QED) is 0.809. The van der Waals surface area contributed by atoms with Gasteiger partial charge in [0.2, 0.25) is 11.8 Å². The number of aliphatic imine (C=N–C) groups is 1. The molecular formula is C13H12N2O3. The lowest BCUT2D eigenvalue weighted by atomic mass is 10.2. The average molecular weight is 244 g/mol. The number of carbonyl (C=O) groups is 2. The molecule has 0 spiro atoms. The Morgan fingerprint density at radius 3 is 2.72 bits per heavy atom. The monoisotopic (exact) mass is 244 g/mol. The van der Waals surface area contributed by atoms with E-state index in [4.69, 9.17) is 10.5 Å². The lowest BCUT2D eigenvalue weighted by Gasteiger charge is -1.94. The molecule has 5 nitrogen and oxygen atoms in total. The molecule has 0 bridgehead atoms. The summed E-state index contributed by atoms with van der Waals surface area (Å²) in [5.41, 5.74) is 6.14. The molecular weight excluding hydrogens is 232 g/mol. The number of nitrogens with zero attached hydrogens (tertiary/aromatic N) is 1. The van der Waals surface area contributed by atoms with Crippen molar-refractivity contribution in [3.05, 3.63) is 41.8 Å². The largest absolute Gasteiger partial charge is 0.403 e. The number of nitrogens with two attached hydrogens (primary N) is 1. The maximum absolute atomic E-state index is 11.4. The van der Waals surface area contributed by atoms with Crippen LogP contribution in [0.15, 0.2) is 41.2 Å². The fraction of sp³-hybridized carbons (Fsp3) is 0.154. The molecule has 0 unspecified atom stereocenters. The standard InChI is InChI=1S/C13H12N2O3/c14-11(16)7-6-10-13(17)18-12(15-10)8-9-4-2-1-3-5-9/h1-5,8H,6-7H2,(H2,14,16)/b12-8+. The molecule has 1 heterocycles. The summed E-state index contributed by atoms with van der Waals surface area (Å²) in [6, 6.07) is 9.39. The zero-order chi connectivity index (χ0) is 13.0. The third-order valence-electron chi connectivity index (χ3n) is 2.38. The van der Waals surface area contributed by atoms with Crippen LogP contribution in [-0.2, 0) is 14.3 Å². The predicted molar refractivity (Wildman–Crippen MR) is 66.4 cm³/mol. The smallest absolute Gasteiger partial charge is 0.359 e. The van der Waals surface area contributed by atoms with Crippen molar-refractivity contribution in [2.75, 3.05) is 0 Å². The third-order valence-corrected chi connectivity index (χ3v) is 2.38. The zero-order valence-electron chi connectivity index (χ0n) is 9.63. The van der Waals surface area contributed by atoms with E-state index in [9.17, 15) is 9.59 Å². The molecule has 0 aliphatic carbocycles. The van der Waals surface area contributed by atoms with Gasteiger partial charge in [0.15, 0.2) is 0 Å². The van der Waals surface area contributed by atoms with Crippen molar-refractivity contribution in [1.29, 1.82) is 0 Å². The first kappa shape index (κ1) is 12.0. The van der Waals surface area contributed by atoms with Crippen LogP contribution in [0.1, 0.15) is 18.4 Å². The van der Waals surface area contributed by atoms with E-state index < -0.39 is 11.9 Å². The summed E-state index contributed by atoms with van der Waals surface area (Å²) in [6.07, 6.45) is 1.96. The highest BCUT2D eigenvalue weighted by Crippen LogP contribution is 2.17. The summed E-state index contributed by atoms with van der Waals surface area (Å²) in [5.74, 6) is -0.741. The summed E-state index contributed by atoms with van der Waals surface area (Å²) in [5, 5.41) is 0. The number of hydrogen-bond donors (Lipinski definition) is 1. The highest BCUT2D eigenvalue weighted by Gasteiger charge is 2.23. The normalized spacial score (nSPS) is 16.6. The van der Waals surface area contributed by atoms with Gasteiger partial charge >= 0.3 is 5.97 Å². The van der Waals surface area contributed by atoms with Crippen molar-refractivity contribution in [2.24, 2.45) is 10.7 Å². The first-order valence-corrected chi connectivity index (χ1v) is 5.50. The lowest BCUT2D eigenvalue weighted by molar-refractivity contribution is -0.130. The molecule has 1 amide bonds. The minimum absolute atomic E-state index is 0.0898. The number of cyclic esters (lactones) is 1. The Bertz CT molecular complexity index is 532. The van der Waals surface area contributed by atoms with E-state index >= 15 is 0 Å². The molecule has 0 saturated carbocycles. The Morgan fingerprint density at radius 2 is 2.06 bits per heavy atom. The van der Waals surface area contributed by atoms with Gasteiger partial charge in [-0.15, -0.1) is 0 Å². The van der Waals surface area contributed by atoms with Crippen LogP contribution in [0.25, 0.3) is 6.08 Å². The topological polar surface area (TPSA) is 81.8 Å². The highest BCUT2D eigenvalue weighted by atomic mass is 16.6. The van der Waals surface area contributed by atoms with Crippen molar-refractivity contribution in [3.8, 4) is 0 Å². The van der Waals surface area contributed by atoms with Gasteiger partial charge in [-0.2, -0.15) is 0 Å². The summed E-state index contributed by atoms with van der Waals surface area (Å²) in [7, 11) is 0. The number of benzene rings is 1. The van der Waals surface area contributed by atoms with Crippen LogP contribution in [0.4, 0.5) is 0 Å². The number of rotatable bonds is 4. The van der Waals surface area contributed by atoms with E-state index in [0.29, 0.717) is 0 Å². The summed E-state index contributed by atoms with van der Waals surface area (Å²) >= 11 is 0. The molecule has 18 heavy (non-hydrogen) atoms. The van der Waals surface area contributed by atoms with Crippen molar-refractivity contribution in [3.63, 3.8) is 0 Å². The van der Waals surface area contributed by atoms with Crippen LogP contribution >= 0.6 is 0 Å². The van der Waals surface area contributed by atoms with Crippen LogP contribution in [0.3, 0.4) is 0 Å². The van der Waals surface area contributed by atoms with Gasteiger partial charge in [-0.1, -0.05) is 30.3 Å². The van der Waals surface area contributed by atoms with E-state index in [2.05, 4.69) is 4.99 Å². The molecule has 2 N–H and O–H groups in total. The Labute approximate surface area is 104 Å². The molecule has 92 valence electrons. The molecule has 1 aliphatic rings. The number of ether oxygens (including phenoxy) is 1. The van der Waals surface area contributed by atoms with Crippen molar-refractivity contribution >= 4 is 23.7 Å². The van der Waals surface area contributed by atoms with Gasteiger partial charge in [0.05, 0.1) is 0 Å². The van der Waals surface area contributed by atoms with E-state index in [-0.39, 0.29) is 24.4 Å². The van der Waals surface area contributed by atoms with Gasteiger partial charge in [-0.3, -0.25) is 4.79 Å². The minimum Gasteiger partial charge on any atom is -0.403 e. The fourth-order valence-corrected chi connectivity index (χ4v) is 1.51. The molecule has 1 aromatic rings. The molecule has 0 saturated heterocycles. The predicted octanol–water partition coefficient (Wildman–Crippen LogP) is 1.25. The van der Waals surface area contributed by atoms with Crippen LogP contribution in [0.5, 0.6) is 0 Å². The van der Waals surface area contributed by atoms with Gasteiger partial charge in [-0.05, 0) is 5.56 Å². The van der Waals surface area contributed by atoms with Gasteiger partial charge in [0, 0.05) is 18.9 Å². The first-order valence-electron chi connectivity index (χ1n) is 5.50. The van der Waals surface area contributed by atoms with E-state index in [1.807, 2.05) is 30.3 Å². The van der Waals surface area contributed by atoms with Crippen LogP contribution in [0, 0.1) is 0 Å². The van der Waals surface area contributed by atoms with E-state index in [1.165, 1.54) is 0 Å². The van der Waals surface area contributed by atoms with Crippen LogP contribution in [0.2, 0.25) is 0 Å². The lowest BCUT2D eigenvalue weighted by Crippen LogP contribution is -2.16. The van der Waals surface area contributed by atoms with Crippen molar-refractivity contribution < 1.29 is 14.3 Å². The fourth-order valence-electron chi connectivity index (χ4n) is 1.51. The molecule has 1 aliphatic heterocycles. The Kier molecular flexibility index (Phi) is 3.52. The second kappa shape index (κ2) is 5.27. The van der Waals surface area contributed by atoms with Crippen LogP contribution < -0.4 is 5.73 Å². The maximum Gasteiger partial charge on any atom is 0.359 e. The molecule has 0 radical (unpaired) electrons. The van der Waals surface area contributed by atoms with Gasteiger partial charge in [0.1, 0.15) is 5.71 Å². The second-order valence-corrected chi connectivity index (χ2v) is 3.81. The van der Waals surface area contributed by atoms with Crippen LogP contribution in [-0.4, -0.2) is 17.6 Å². The Balaban J connectivity index is 2.11. The summed E-state index contributed by atoms with van der Waals surface area (Å²) in [6.45, 7) is 0. The molecule has 1 aromatic carbocycles. The average Bonchev–Trinajstić information content (AvgIpc) is 2.68. The number of amides is 1. The Hall–Kier alpha value is -2.43. The number of carbonyl (C=O) groups excluding carboxylic acids is 2. The molecule has 0 aromatic heterocycles. The van der Waals surface area contributed by atoms with Gasteiger partial charge in [0.25, 0.3) is 0 Å². The number of primary amides is 1. The van der Waals surface area contributed by atoms with Gasteiger partial charge in [-0.25, -0.2) is 9.79 Å². The van der Waals surface area contributed by atoms with Crippen molar-refractivity contribution in [1.82, 2.24) is 0 Å². The minimum atomic E-state index is -0.515. The second-order valence-electron chi connectivity index (χ2n) is 3.81. The first-order chi connectivity index (χ1) is 8.65. The molecule has 5 heteroatoms. The van der Waals surface area contributed by atoms with Gasteiger partial charge < -0.3 is 10.5 Å². The molecule has 0 atom stereocenters. The molecule has 0 fully saturated rings. The SMILES string of the molecule is NC(=O)CCC1=N/C(=C\c2ccccc2)OC1=O. The maximum atomic E-state index is 11.4. The summed E-state index contributed by atoms with van der Waals surface area (Å²) in [4.78, 5) is 26.1. The highest BCUT2D eigenvalue weighted by molar-refractivity contribution is 6.38.